The Labute approximate surface area is 98.0 Å². The standard InChI is InChI=1S/C13H22N2O/c1-5-15-8-12(14)11-6-9(2)13(16-4)10(3)7-11/h6-7,12,15H,5,8,14H2,1-4H3. The summed E-state index contributed by atoms with van der Waals surface area (Å²) >= 11 is 0. The van der Waals surface area contributed by atoms with Gasteiger partial charge in [-0.1, -0.05) is 19.1 Å². The third-order valence-electron chi connectivity index (χ3n) is 2.73. The molecule has 0 aliphatic rings. The lowest BCUT2D eigenvalue weighted by Gasteiger charge is -2.16. The molecule has 0 radical (unpaired) electrons. The van der Waals surface area contributed by atoms with Gasteiger partial charge in [0.05, 0.1) is 7.11 Å². The summed E-state index contributed by atoms with van der Waals surface area (Å²) < 4.78 is 5.34. The first kappa shape index (κ1) is 13.0. The molecule has 1 unspecified atom stereocenters. The van der Waals surface area contributed by atoms with Gasteiger partial charge in [-0.3, -0.25) is 0 Å². The van der Waals surface area contributed by atoms with Crippen molar-refractivity contribution >= 4 is 0 Å². The number of hydrogen-bond donors (Lipinski definition) is 2. The monoisotopic (exact) mass is 222 g/mol. The van der Waals surface area contributed by atoms with E-state index in [4.69, 9.17) is 10.5 Å². The highest BCUT2D eigenvalue weighted by Gasteiger charge is 2.10. The Balaban J connectivity index is 2.90. The Hall–Kier alpha value is -1.06. The number of nitrogens with one attached hydrogen (secondary N) is 1. The van der Waals surface area contributed by atoms with E-state index in [-0.39, 0.29) is 6.04 Å². The number of hydrogen-bond acceptors (Lipinski definition) is 3. The molecule has 3 N–H and O–H groups in total. The number of benzene rings is 1. The molecule has 16 heavy (non-hydrogen) atoms. The predicted octanol–water partition coefficient (Wildman–Crippen LogP) is 1.92. The van der Waals surface area contributed by atoms with Crippen molar-refractivity contribution < 1.29 is 4.74 Å². The van der Waals surface area contributed by atoms with Gasteiger partial charge < -0.3 is 15.8 Å². The van der Waals surface area contributed by atoms with Crippen LogP contribution in [0.1, 0.15) is 29.7 Å². The highest BCUT2D eigenvalue weighted by molar-refractivity contribution is 5.44. The zero-order valence-electron chi connectivity index (χ0n) is 10.6. The number of aryl methyl sites for hydroxylation is 2. The number of nitrogens with two attached hydrogens (primary N) is 1. The van der Waals surface area contributed by atoms with Crippen molar-refractivity contribution in [3.05, 3.63) is 28.8 Å². The SMILES string of the molecule is CCNCC(N)c1cc(C)c(OC)c(C)c1. The molecule has 0 saturated carbocycles. The summed E-state index contributed by atoms with van der Waals surface area (Å²) in [5.41, 5.74) is 9.56. The second kappa shape index (κ2) is 5.87. The minimum Gasteiger partial charge on any atom is -0.496 e. The van der Waals surface area contributed by atoms with Gasteiger partial charge in [-0.25, -0.2) is 0 Å². The van der Waals surface area contributed by atoms with E-state index in [1.165, 1.54) is 0 Å². The molecule has 0 saturated heterocycles. The average Bonchev–Trinajstić information content (AvgIpc) is 2.25. The molecule has 0 bridgehead atoms. The number of ether oxygens (including phenoxy) is 1. The van der Waals surface area contributed by atoms with E-state index in [1.54, 1.807) is 7.11 Å². The zero-order chi connectivity index (χ0) is 12.1. The molecule has 3 nitrogen and oxygen atoms in total. The Morgan fingerprint density at radius 3 is 2.31 bits per heavy atom. The van der Waals surface area contributed by atoms with Gasteiger partial charge >= 0.3 is 0 Å². The van der Waals surface area contributed by atoms with Gasteiger partial charge in [-0.05, 0) is 37.1 Å². The number of likely N-dealkylation sites (N-methyl/N-ethyl adjacent to an activating group) is 1. The first-order valence-electron chi connectivity index (χ1n) is 5.71. The molecule has 0 fully saturated rings. The van der Waals surface area contributed by atoms with E-state index >= 15 is 0 Å². The van der Waals surface area contributed by atoms with Crippen molar-refractivity contribution in [2.24, 2.45) is 5.73 Å². The summed E-state index contributed by atoms with van der Waals surface area (Å²) in [6.45, 7) is 7.94. The molecule has 0 amide bonds. The zero-order valence-corrected chi connectivity index (χ0v) is 10.6. The molecule has 1 aromatic carbocycles. The lowest BCUT2D eigenvalue weighted by molar-refractivity contribution is 0.408. The van der Waals surface area contributed by atoms with Crippen molar-refractivity contribution in [1.29, 1.82) is 0 Å². The van der Waals surface area contributed by atoms with E-state index in [1.807, 2.05) is 0 Å². The summed E-state index contributed by atoms with van der Waals surface area (Å²) in [5.74, 6) is 0.958. The van der Waals surface area contributed by atoms with Crippen LogP contribution in [0, 0.1) is 13.8 Å². The van der Waals surface area contributed by atoms with Gasteiger partial charge in [0.15, 0.2) is 0 Å². The highest BCUT2D eigenvalue weighted by atomic mass is 16.5. The molecule has 3 heteroatoms. The lowest BCUT2D eigenvalue weighted by atomic mass is 10.0. The lowest BCUT2D eigenvalue weighted by Crippen LogP contribution is -2.26. The summed E-state index contributed by atoms with van der Waals surface area (Å²) in [6.07, 6.45) is 0. The van der Waals surface area contributed by atoms with E-state index in [0.29, 0.717) is 0 Å². The van der Waals surface area contributed by atoms with Crippen molar-refractivity contribution in [3.63, 3.8) is 0 Å². The first-order chi connectivity index (χ1) is 7.60. The second-order valence-electron chi connectivity index (χ2n) is 4.10. The topological polar surface area (TPSA) is 47.3 Å². The quantitative estimate of drug-likeness (QED) is 0.800. The molecule has 0 aliphatic carbocycles. The van der Waals surface area contributed by atoms with E-state index in [0.717, 1.165) is 35.5 Å². The molecule has 0 spiro atoms. The maximum absolute atomic E-state index is 6.11. The minimum absolute atomic E-state index is 0.0447. The molecule has 1 aromatic rings. The minimum atomic E-state index is 0.0447. The molecule has 1 rings (SSSR count). The van der Waals surface area contributed by atoms with E-state index < -0.39 is 0 Å². The first-order valence-corrected chi connectivity index (χ1v) is 5.71. The smallest absolute Gasteiger partial charge is 0.124 e. The van der Waals surface area contributed by atoms with Crippen LogP contribution in [0.25, 0.3) is 0 Å². The second-order valence-corrected chi connectivity index (χ2v) is 4.10. The van der Waals surface area contributed by atoms with Crippen LogP contribution in [0.5, 0.6) is 5.75 Å². The van der Waals surface area contributed by atoms with Crippen molar-refractivity contribution in [3.8, 4) is 5.75 Å². The van der Waals surface area contributed by atoms with Crippen LogP contribution in [-0.2, 0) is 0 Å². The van der Waals surface area contributed by atoms with Gasteiger partial charge in [0, 0.05) is 12.6 Å². The third kappa shape index (κ3) is 2.97. The Bertz CT molecular complexity index is 327. The Morgan fingerprint density at radius 2 is 1.88 bits per heavy atom. The van der Waals surface area contributed by atoms with Crippen LogP contribution in [0.4, 0.5) is 0 Å². The third-order valence-corrected chi connectivity index (χ3v) is 2.73. The van der Waals surface area contributed by atoms with Crippen LogP contribution in [0.15, 0.2) is 12.1 Å². The van der Waals surface area contributed by atoms with Gasteiger partial charge in [-0.2, -0.15) is 0 Å². The summed E-state index contributed by atoms with van der Waals surface area (Å²) in [4.78, 5) is 0. The van der Waals surface area contributed by atoms with E-state index in [2.05, 4.69) is 38.2 Å². The van der Waals surface area contributed by atoms with E-state index in [9.17, 15) is 0 Å². The molecule has 0 aromatic heterocycles. The maximum Gasteiger partial charge on any atom is 0.124 e. The van der Waals surface area contributed by atoms with Crippen LogP contribution < -0.4 is 15.8 Å². The summed E-state index contributed by atoms with van der Waals surface area (Å²) in [6, 6.07) is 4.25. The van der Waals surface area contributed by atoms with Gasteiger partial charge in [-0.15, -0.1) is 0 Å². The van der Waals surface area contributed by atoms with Crippen LogP contribution >= 0.6 is 0 Å². The molecule has 0 aliphatic heterocycles. The summed E-state index contributed by atoms with van der Waals surface area (Å²) in [7, 11) is 1.70. The molecule has 0 heterocycles. The molecule has 1 atom stereocenters. The fourth-order valence-electron chi connectivity index (χ4n) is 1.94. The Morgan fingerprint density at radius 1 is 1.31 bits per heavy atom. The van der Waals surface area contributed by atoms with Gasteiger partial charge in [0.1, 0.15) is 5.75 Å². The van der Waals surface area contributed by atoms with Crippen LogP contribution in [-0.4, -0.2) is 20.2 Å². The average molecular weight is 222 g/mol. The van der Waals surface area contributed by atoms with Crippen molar-refractivity contribution in [2.75, 3.05) is 20.2 Å². The molecule has 90 valence electrons. The highest BCUT2D eigenvalue weighted by Crippen LogP contribution is 2.26. The predicted molar refractivity (Wildman–Crippen MR) is 67.9 cm³/mol. The fourth-order valence-corrected chi connectivity index (χ4v) is 1.94. The van der Waals surface area contributed by atoms with Crippen molar-refractivity contribution in [2.45, 2.75) is 26.8 Å². The van der Waals surface area contributed by atoms with Crippen molar-refractivity contribution in [1.82, 2.24) is 5.32 Å². The van der Waals surface area contributed by atoms with Crippen LogP contribution in [0.2, 0.25) is 0 Å². The maximum atomic E-state index is 6.11. The van der Waals surface area contributed by atoms with Gasteiger partial charge in [0.25, 0.3) is 0 Å². The fraction of sp³-hybridized carbons (Fsp3) is 0.538. The van der Waals surface area contributed by atoms with Gasteiger partial charge in [0.2, 0.25) is 0 Å². The normalized spacial score (nSPS) is 12.6. The Kier molecular flexibility index (Phi) is 4.77. The summed E-state index contributed by atoms with van der Waals surface area (Å²) in [5, 5.41) is 3.26. The largest absolute Gasteiger partial charge is 0.496 e. The molecular formula is C13H22N2O. The molecular weight excluding hydrogens is 200 g/mol. The number of rotatable bonds is 5. The number of methoxy groups -OCH3 is 1. The van der Waals surface area contributed by atoms with Crippen LogP contribution in [0.3, 0.4) is 0 Å².